The Morgan fingerprint density at radius 2 is 2.08 bits per heavy atom. The molecule has 2 saturated heterocycles. The van der Waals surface area contributed by atoms with Crippen molar-refractivity contribution in [2.75, 3.05) is 44.6 Å². The summed E-state index contributed by atoms with van der Waals surface area (Å²) in [6.45, 7) is 3.58. The van der Waals surface area contributed by atoms with Gasteiger partial charge < -0.3 is 15.0 Å². The van der Waals surface area contributed by atoms with Crippen LogP contribution < -0.4 is 5.32 Å². The van der Waals surface area contributed by atoms with Crippen molar-refractivity contribution in [3.05, 3.63) is 23.4 Å². The third-order valence-corrected chi connectivity index (χ3v) is 4.47. The highest BCUT2D eigenvalue weighted by atomic mass is 35.5. The van der Waals surface area contributed by atoms with E-state index in [1.54, 1.807) is 12.1 Å². The molecule has 1 aromatic rings. The van der Waals surface area contributed by atoms with Gasteiger partial charge in [0.25, 0.3) is 5.91 Å². The van der Waals surface area contributed by atoms with Gasteiger partial charge in [0.15, 0.2) is 0 Å². The molecular weight excluding hydrogens is 332 g/mol. The van der Waals surface area contributed by atoms with Crippen molar-refractivity contribution >= 4 is 29.2 Å². The Bertz CT molecular complexity index is 581. The molecular formula is C16H21ClN4O3. The Labute approximate surface area is 145 Å². The van der Waals surface area contributed by atoms with Crippen LogP contribution in [0.2, 0.25) is 5.02 Å². The highest BCUT2D eigenvalue weighted by Crippen LogP contribution is 2.16. The number of nitrogens with zero attached hydrogens (tertiary/aromatic N) is 3. The van der Waals surface area contributed by atoms with Crippen LogP contribution in [0.4, 0.5) is 5.82 Å². The van der Waals surface area contributed by atoms with E-state index in [4.69, 9.17) is 16.3 Å². The first-order valence-corrected chi connectivity index (χ1v) is 8.54. The van der Waals surface area contributed by atoms with Gasteiger partial charge in [-0.2, -0.15) is 0 Å². The standard InChI is InChI=1S/C16H21ClN4O3/c17-12-3-4-14(18-10-12)19-15(22)11-20-5-7-21(8-6-20)16(23)13-2-1-9-24-13/h3-4,10,13H,1-2,5-9,11H2,(H,18,19,22)/t13-/m1/s1. The number of carbonyl (C=O) groups excluding carboxylic acids is 2. The zero-order valence-corrected chi connectivity index (χ0v) is 14.2. The summed E-state index contributed by atoms with van der Waals surface area (Å²) < 4.78 is 5.45. The van der Waals surface area contributed by atoms with E-state index in [0.717, 1.165) is 12.8 Å². The number of amides is 2. The fraction of sp³-hybridized carbons (Fsp3) is 0.562. The maximum absolute atomic E-state index is 12.3. The molecule has 0 radical (unpaired) electrons. The molecule has 24 heavy (non-hydrogen) atoms. The number of hydrogen-bond donors (Lipinski definition) is 1. The average Bonchev–Trinajstić information content (AvgIpc) is 3.11. The summed E-state index contributed by atoms with van der Waals surface area (Å²) >= 11 is 5.77. The largest absolute Gasteiger partial charge is 0.368 e. The Morgan fingerprint density at radius 3 is 2.71 bits per heavy atom. The second-order valence-corrected chi connectivity index (χ2v) is 6.45. The van der Waals surface area contributed by atoms with E-state index in [-0.39, 0.29) is 24.5 Å². The smallest absolute Gasteiger partial charge is 0.251 e. The van der Waals surface area contributed by atoms with Crippen LogP contribution in [0.15, 0.2) is 18.3 Å². The van der Waals surface area contributed by atoms with Gasteiger partial charge in [-0.05, 0) is 25.0 Å². The minimum atomic E-state index is -0.268. The molecule has 0 aliphatic carbocycles. The number of aromatic nitrogens is 1. The first kappa shape index (κ1) is 17.1. The molecule has 0 bridgehead atoms. The second-order valence-electron chi connectivity index (χ2n) is 6.01. The topological polar surface area (TPSA) is 74.8 Å². The number of halogens is 1. The monoisotopic (exact) mass is 352 g/mol. The highest BCUT2D eigenvalue weighted by Gasteiger charge is 2.30. The Hall–Kier alpha value is -1.70. The summed E-state index contributed by atoms with van der Waals surface area (Å²) in [5, 5.41) is 3.27. The Kier molecular flexibility index (Phi) is 5.65. The number of rotatable bonds is 4. The lowest BCUT2D eigenvalue weighted by Gasteiger charge is -2.35. The molecule has 7 nitrogen and oxygen atoms in total. The van der Waals surface area contributed by atoms with E-state index in [0.29, 0.717) is 43.6 Å². The van der Waals surface area contributed by atoms with Gasteiger partial charge in [-0.1, -0.05) is 11.6 Å². The molecule has 0 spiro atoms. The second kappa shape index (κ2) is 7.92. The summed E-state index contributed by atoms with van der Waals surface area (Å²) in [5.41, 5.74) is 0. The van der Waals surface area contributed by atoms with Crippen LogP contribution in [0.1, 0.15) is 12.8 Å². The van der Waals surface area contributed by atoms with Crippen molar-refractivity contribution in [3.63, 3.8) is 0 Å². The van der Waals surface area contributed by atoms with Crippen molar-refractivity contribution in [1.82, 2.24) is 14.8 Å². The third-order valence-electron chi connectivity index (χ3n) is 4.25. The van der Waals surface area contributed by atoms with Crippen LogP contribution in [0.25, 0.3) is 0 Å². The van der Waals surface area contributed by atoms with Crippen LogP contribution in [0, 0.1) is 0 Å². The predicted octanol–water partition coefficient (Wildman–Crippen LogP) is 0.997. The number of anilines is 1. The summed E-state index contributed by atoms with van der Waals surface area (Å²) in [6, 6.07) is 3.35. The lowest BCUT2D eigenvalue weighted by molar-refractivity contribution is -0.142. The van der Waals surface area contributed by atoms with E-state index in [1.807, 2.05) is 9.80 Å². The summed E-state index contributed by atoms with van der Waals surface area (Å²) in [7, 11) is 0. The van der Waals surface area contributed by atoms with Crippen molar-refractivity contribution in [3.8, 4) is 0 Å². The molecule has 1 N–H and O–H groups in total. The molecule has 1 aromatic heterocycles. The van der Waals surface area contributed by atoms with E-state index < -0.39 is 0 Å². The number of ether oxygens (including phenoxy) is 1. The zero-order valence-electron chi connectivity index (χ0n) is 13.4. The molecule has 0 saturated carbocycles. The number of nitrogens with one attached hydrogen (secondary N) is 1. The molecule has 1 atom stereocenters. The summed E-state index contributed by atoms with van der Waals surface area (Å²) in [6.07, 6.45) is 2.99. The molecule has 3 rings (SSSR count). The Morgan fingerprint density at radius 1 is 1.29 bits per heavy atom. The number of carbonyl (C=O) groups is 2. The maximum Gasteiger partial charge on any atom is 0.251 e. The van der Waals surface area contributed by atoms with Gasteiger partial charge in [-0.3, -0.25) is 14.5 Å². The molecule has 0 aromatic carbocycles. The van der Waals surface area contributed by atoms with Gasteiger partial charge in [0.2, 0.25) is 5.91 Å². The van der Waals surface area contributed by atoms with Crippen LogP contribution in [0.5, 0.6) is 0 Å². The van der Waals surface area contributed by atoms with E-state index in [1.165, 1.54) is 6.20 Å². The third kappa shape index (κ3) is 4.43. The van der Waals surface area contributed by atoms with Crippen LogP contribution in [-0.4, -0.2) is 72.0 Å². The lowest BCUT2D eigenvalue weighted by Crippen LogP contribution is -2.52. The minimum Gasteiger partial charge on any atom is -0.368 e. The molecule has 130 valence electrons. The molecule has 2 amide bonds. The fourth-order valence-corrected chi connectivity index (χ4v) is 3.05. The van der Waals surface area contributed by atoms with Crippen LogP contribution >= 0.6 is 11.6 Å². The molecule has 3 heterocycles. The SMILES string of the molecule is O=C(CN1CCN(C(=O)[C@H]2CCCO2)CC1)Nc1ccc(Cl)cn1. The first-order valence-electron chi connectivity index (χ1n) is 8.16. The van der Waals surface area contributed by atoms with Gasteiger partial charge in [-0.15, -0.1) is 0 Å². The van der Waals surface area contributed by atoms with Gasteiger partial charge in [0.1, 0.15) is 11.9 Å². The van der Waals surface area contributed by atoms with Crippen LogP contribution in [-0.2, 0) is 14.3 Å². The average molecular weight is 353 g/mol. The highest BCUT2D eigenvalue weighted by molar-refractivity contribution is 6.30. The minimum absolute atomic E-state index is 0.0852. The van der Waals surface area contributed by atoms with Crippen molar-refractivity contribution in [1.29, 1.82) is 0 Å². The molecule has 2 aliphatic rings. The van der Waals surface area contributed by atoms with Crippen molar-refractivity contribution in [2.24, 2.45) is 0 Å². The van der Waals surface area contributed by atoms with E-state index >= 15 is 0 Å². The number of pyridine rings is 1. The zero-order chi connectivity index (χ0) is 16.9. The van der Waals surface area contributed by atoms with Crippen LogP contribution in [0.3, 0.4) is 0 Å². The normalized spacial score (nSPS) is 21.7. The Balaban J connectivity index is 1.42. The van der Waals surface area contributed by atoms with E-state index in [9.17, 15) is 9.59 Å². The maximum atomic E-state index is 12.3. The van der Waals surface area contributed by atoms with Gasteiger partial charge in [0, 0.05) is 39.0 Å². The van der Waals surface area contributed by atoms with Gasteiger partial charge >= 0.3 is 0 Å². The number of piperazine rings is 1. The van der Waals surface area contributed by atoms with Gasteiger partial charge in [-0.25, -0.2) is 4.98 Å². The molecule has 0 unspecified atom stereocenters. The predicted molar refractivity (Wildman–Crippen MR) is 89.9 cm³/mol. The summed E-state index contributed by atoms with van der Waals surface area (Å²) in [5.74, 6) is 0.447. The van der Waals surface area contributed by atoms with Crippen molar-refractivity contribution in [2.45, 2.75) is 18.9 Å². The molecule has 2 aliphatic heterocycles. The molecule has 8 heteroatoms. The number of hydrogen-bond acceptors (Lipinski definition) is 5. The van der Waals surface area contributed by atoms with Gasteiger partial charge in [0.05, 0.1) is 11.6 Å². The quantitative estimate of drug-likeness (QED) is 0.875. The molecule has 2 fully saturated rings. The lowest BCUT2D eigenvalue weighted by atomic mass is 10.2. The fourth-order valence-electron chi connectivity index (χ4n) is 2.94. The summed E-state index contributed by atoms with van der Waals surface area (Å²) in [4.78, 5) is 32.3. The first-order chi connectivity index (χ1) is 11.6. The van der Waals surface area contributed by atoms with Crippen molar-refractivity contribution < 1.29 is 14.3 Å². The van der Waals surface area contributed by atoms with E-state index in [2.05, 4.69) is 10.3 Å².